The van der Waals surface area contributed by atoms with Crippen molar-refractivity contribution in [3.05, 3.63) is 29.7 Å². The largest absolute Gasteiger partial charge is 0.354 e. The first-order valence-corrected chi connectivity index (χ1v) is 8.94. The number of hydrogen-bond acceptors (Lipinski definition) is 5. The van der Waals surface area contributed by atoms with Crippen LogP contribution in [0.4, 0.5) is 5.82 Å². The highest BCUT2D eigenvalue weighted by Crippen LogP contribution is 2.19. The summed E-state index contributed by atoms with van der Waals surface area (Å²) in [5.74, 6) is 0.738. The third-order valence-corrected chi connectivity index (χ3v) is 4.83. The highest BCUT2D eigenvalue weighted by molar-refractivity contribution is 5.92. The van der Waals surface area contributed by atoms with Gasteiger partial charge < -0.3 is 15.1 Å². The van der Waals surface area contributed by atoms with Gasteiger partial charge in [0.2, 0.25) is 0 Å². The minimum Gasteiger partial charge on any atom is -0.354 e. The molecule has 0 saturated carbocycles. The lowest BCUT2D eigenvalue weighted by molar-refractivity contribution is 0.0949. The van der Waals surface area contributed by atoms with E-state index in [2.05, 4.69) is 38.2 Å². The quantitative estimate of drug-likeness (QED) is 0.836. The van der Waals surface area contributed by atoms with E-state index >= 15 is 0 Å². The number of nitrogens with one attached hydrogen (secondary N) is 1. The first kappa shape index (κ1) is 16.9. The topological polar surface area (TPSA) is 61.4 Å². The maximum Gasteiger partial charge on any atom is 0.270 e. The van der Waals surface area contributed by atoms with Crippen molar-refractivity contribution in [2.45, 2.75) is 32.1 Å². The summed E-state index contributed by atoms with van der Waals surface area (Å²) in [6.45, 7) is 4.57. The standard InChI is InChI=1S/C18H27N5O/c1-22-9-11-23(12-10-22)17-13-16(20-14-21-17)18(24)19-8-7-15-5-3-2-4-6-15/h5,13-14H,2-4,6-12H2,1H3,(H,19,24). The number of rotatable bonds is 5. The van der Waals surface area contributed by atoms with Crippen LogP contribution in [0.2, 0.25) is 0 Å². The fraction of sp³-hybridized carbons (Fsp3) is 0.611. The van der Waals surface area contributed by atoms with Gasteiger partial charge in [0.1, 0.15) is 17.8 Å². The number of piperazine rings is 1. The Kier molecular flexibility index (Phi) is 5.80. The normalized spacial score (nSPS) is 19.0. The molecule has 2 heterocycles. The van der Waals surface area contributed by atoms with Crippen LogP contribution in [0.1, 0.15) is 42.6 Å². The Labute approximate surface area is 144 Å². The van der Waals surface area contributed by atoms with Crippen LogP contribution in [-0.2, 0) is 0 Å². The van der Waals surface area contributed by atoms with E-state index in [1.54, 1.807) is 6.07 Å². The van der Waals surface area contributed by atoms with Gasteiger partial charge in [0.05, 0.1) is 0 Å². The van der Waals surface area contributed by atoms with E-state index < -0.39 is 0 Å². The molecular formula is C18H27N5O. The Morgan fingerprint density at radius 3 is 2.79 bits per heavy atom. The molecule has 1 aliphatic carbocycles. The molecular weight excluding hydrogens is 302 g/mol. The van der Waals surface area contributed by atoms with E-state index in [1.807, 2.05) is 0 Å². The summed E-state index contributed by atoms with van der Waals surface area (Å²) in [5, 5.41) is 2.99. The molecule has 1 aliphatic heterocycles. The second kappa shape index (κ2) is 8.24. The van der Waals surface area contributed by atoms with E-state index in [9.17, 15) is 4.79 Å². The molecule has 0 aromatic carbocycles. The number of aromatic nitrogens is 2. The van der Waals surface area contributed by atoms with Gasteiger partial charge in [-0.1, -0.05) is 11.6 Å². The van der Waals surface area contributed by atoms with Crippen molar-refractivity contribution in [2.24, 2.45) is 0 Å². The van der Waals surface area contributed by atoms with Crippen LogP contribution in [-0.4, -0.2) is 60.5 Å². The first-order valence-electron chi connectivity index (χ1n) is 8.94. The Morgan fingerprint density at radius 2 is 2.04 bits per heavy atom. The van der Waals surface area contributed by atoms with Crippen LogP contribution in [0.15, 0.2) is 24.0 Å². The third-order valence-electron chi connectivity index (χ3n) is 4.83. The number of carbonyl (C=O) groups excluding carboxylic acids is 1. The molecule has 1 saturated heterocycles. The summed E-state index contributed by atoms with van der Waals surface area (Å²) in [6, 6.07) is 1.81. The molecule has 6 nitrogen and oxygen atoms in total. The Bertz CT molecular complexity index is 593. The van der Waals surface area contributed by atoms with E-state index in [0.717, 1.165) is 38.4 Å². The van der Waals surface area contributed by atoms with Gasteiger partial charge in [0, 0.05) is 38.8 Å². The van der Waals surface area contributed by atoms with Crippen molar-refractivity contribution in [3.8, 4) is 0 Å². The molecule has 1 N–H and O–H groups in total. The third kappa shape index (κ3) is 4.54. The molecule has 0 unspecified atom stereocenters. The van der Waals surface area contributed by atoms with Crippen molar-refractivity contribution < 1.29 is 4.79 Å². The monoisotopic (exact) mass is 329 g/mol. The Hall–Kier alpha value is -1.95. The summed E-state index contributed by atoms with van der Waals surface area (Å²) in [6.07, 6.45) is 9.70. The second-order valence-corrected chi connectivity index (χ2v) is 6.67. The average Bonchev–Trinajstić information content (AvgIpc) is 2.63. The number of hydrogen-bond donors (Lipinski definition) is 1. The van der Waals surface area contributed by atoms with Crippen molar-refractivity contribution in [3.63, 3.8) is 0 Å². The zero-order valence-electron chi connectivity index (χ0n) is 14.5. The van der Waals surface area contributed by atoms with E-state index in [0.29, 0.717) is 12.2 Å². The zero-order valence-corrected chi connectivity index (χ0v) is 14.5. The molecule has 1 aromatic rings. The van der Waals surface area contributed by atoms with Crippen LogP contribution < -0.4 is 10.2 Å². The van der Waals surface area contributed by atoms with Crippen molar-refractivity contribution in [2.75, 3.05) is 44.7 Å². The second-order valence-electron chi connectivity index (χ2n) is 6.67. The SMILES string of the molecule is CN1CCN(c2cc(C(=O)NCCC3=CCCCC3)ncn2)CC1. The molecule has 130 valence electrons. The lowest BCUT2D eigenvalue weighted by Crippen LogP contribution is -2.45. The average molecular weight is 329 g/mol. The number of amides is 1. The van der Waals surface area contributed by atoms with Crippen molar-refractivity contribution in [1.82, 2.24) is 20.2 Å². The number of nitrogens with zero attached hydrogens (tertiary/aromatic N) is 4. The highest BCUT2D eigenvalue weighted by Gasteiger charge is 2.17. The summed E-state index contributed by atoms with van der Waals surface area (Å²) in [5.41, 5.74) is 1.93. The van der Waals surface area contributed by atoms with E-state index in [-0.39, 0.29) is 5.91 Å². The van der Waals surface area contributed by atoms with E-state index in [1.165, 1.54) is 37.6 Å². The van der Waals surface area contributed by atoms with Gasteiger partial charge in [-0.15, -0.1) is 0 Å². The summed E-state index contributed by atoms with van der Waals surface area (Å²) in [4.78, 5) is 25.3. The van der Waals surface area contributed by atoms with Crippen LogP contribution in [0.25, 0.3) is 0 Å². The van der Waals surface area contributed by atoms with Gasteiger partial charge >= 0.3 is 0 Å². The lowest BCUT2D eigenvalue weighted by atomic mass is 9.97. The molecule has 6 heteroatoms. The van der Waals surface area contributed by atoms with Gasteiger partial charge in [-0.3, -0.25) is 4.79 Å². The van der Waals surface area contributed by atoms with E-state index in [4.69, 9.17) is 0 Å². The predicted octanol–water partition coefficient (Wildman–Crippen LogP) is 1.85. The fourth-order valence-corrected chi connectivity index (χ4v) is 3.24. The van der Waals surface area contributed by atoms with Gasteiger partial charge in [-0.05, 0) is 39.2 Å². The molecule has 0 spiro atoms. The molecule has 2 aliphatic rings. The maximum absolute atomic E-state index is 12.3. The maximum atomic E-state index is 12.3. The van der Waals surface area contributed by atoms with Crippen molar-refractivity contribution in [1.29, 1.82) is 0 Å². The number of likely N-dealkylation sites (N-methyl/N-ethyl adjacent to an activating group) is 1. The van der Waals surface area contributed by atoms with Gasteiger partial charge in [0.15, 0.2) is 0 Å². The van der Waals surface area contributed by atoms with Crippen LogP contribution in [0.5, 0.6) is 0 Å². The first-order chi connectivity index (χ1) is 11.7. The molecule has 0 atom stereocenters. The summed E-state index contributed by atoms with van der Waals surface area (Å²) in [7, 11) is 2.12. The van der Waals surface area contributed by atoms with Gasteiger partial charge in [-0.25, -0.2) is 9.97 Å². The van der Waals surface area contributed by atoms with Crippen LogP contribution in [0, 0.1) is 0 Å². The molecule has 1 aromatic heterocycles. The zero-order chi connectivity index (χ0) is 16.8. The minimum atomic E-state index is -0.107. The highest BCUT2D eigenvalue weighted by atomic mass is 16.1. The number of carbonyl (C=O) groups is 1. The molecule has 3 rings (SSSR count). The van der Waals surface area contributed by atoms with Crippen molar-refractivity contribution >= 4 is 11.7 Å². The molecule has 1 amide bonds. The molecule has 1 fully saturated rings. The molecule has 0 bridgehead atoms. The number of allylic oxidation sites excluding steroid dienone is 1. The lowest BCUT2D eigenvalue weighted by Gasteiger charge is -2.33. The molecule has 0 radical (unpaired) electrons. The Balaban J connectivity index is 1.53. The number of anilines is 1. The van der Waals surface area contributed by atoms with Crippen LogP contribution >= 0.6 is 0 Å². The van der Waals surface area contributed by atoms with Crippen LogP contribution in [0.3, 0.4) is 0 Å². The summed E-state index contributed by atoms with van der Waals surface area (Å²) < 4.78 is 0. The summed E-state index contributed by atoms with van der Waals surface area (Å²) >= 11 is 0. The smallest absolute Gasteiger partial charge is 0.270 e. The predicted molar refractivity (Wildman–Crippen MR) is 95.2 cm³/mol. The van der Waals surface area contributed by atoms with Gasteiger partial charge in [-0.2, -0.15) is 0 Å². The Morgan fingerprint density at radius 1 is 1.21 bits per heavy atom. The van der Waals surface area contributed by atoms with Gasteiger partial charge in [0.25, 0.3) is 5.91 Å². The minimum absolute atomic E-state index is 0.107. The fourth-order valence-electron chi connectivity index (χ4n) is 3.24. The molecule has 24 heavy (non-hydrogen) atoms.